The van der Waals surface area contributed by atoms with Gasteiger partial charge >= 0.3 is 0 Å². The van der Waals surface area contributed by atoms with E-state index < -0.39 is 0 Å². The molecule has 1 heterocycles. The van der Waals surface area contributed by atoms with Crippen molar-refractivity contribution in [1.29, 1.82) is 0 Å². The Morgan fingerprint density at radius 3 is 2.76 bits per heavy atom. The molecule has 0 aliphatic heterocycles. The van der Waals surface area contributed by atoms with Gasteiger partial charge in [-0.3, -0.25) is 10.1 Å². The molecule has 0 saturated heterocycles. The number of carbonyl (C=O) groups excluding carboxylic acids is 1. The number of amides is 1. The molecule has 3 aromatic rings. The van der Waals surface area contributed by atoms with Crippen LogP contribution in [0.25, 0.3) is 10.2 Å². The van der Waals surface area contributed by atoms with Crippen LogP contribution in [-0.4, -0.2) is 16.0 Å². The van der Waals surface area contributed by atoms with Gasteiger partial charge in [0.1, 0.15) is 5.75 Å². The number of aromatic nitrogens is 1. The summed E-state index contributed by atoms with van der Waals surface area (Å²) in [5, 5.41) is 13.0. The molecular weight excluding hydrogens is 284 g/mol. The number of rotatable bonds is 2. The molecule has 0 saturated carbocycles. The molecule has 21 heavy (non-hydrogen) atoms. The van der Waals surface area contributed by atoms with Crippen molar-refractivity contribution in [1.82, 2.24) is 4.98 Å². The summed E-state index contributed by atoms with van der Waals surface area (Å²) in [5.41, 5.74) is 3.18. The fraction of sp³-hybridized carbons (Fsp3) is 0.125. The molecule has 0 atom stereocenters. The Balaban J connectivity index is 1.87. The Hall–Kier alpha value is -2.40. The van der Waals surface area contributed by atoms with Crippen LogP contribution >= 0.6 is 11.3 Å². The first-order chi connectivity index (χ1) is 10.0. The summed E-state index contributed by atoms with van der Waals surface area (Å²) in [7, 11) is 0. The summed E-state index contributed by atoms with van der Waals surface area (Å²) in [6.45, 7) is 3.80. The standard InChI is InChI=1S/C16H14N2O2S/c1-9-3-6-12-14(7-9)21-16(17-12)18-15(20)11-5-4-10(2)13(19)8-11/h3-8,19H,1-2H3,(H,17,18,20). The third-order valence-electron chi connectivity index (χ3n) is 3.24. The first-order valence-corrected chi connectivity index (χ1v) is 7.33. The maximum atomic E-state index is 12.2. The normalized spacial score (nSPS) is 10.8. The molecule has 0 aliphatic carbocycles. The van der Waals surface area contributed by atoms with Gasteiger partial charge in [0, 0.05) is 5.56 Å². The van der Waals surface area contributed by atoms with E-state index in [0.717, 1.165) is 21.3 Å². The second kappa shape index (κ2) is 5.18. The number of carbonyl (C=O) groups is 1. The van der Waals surface area contributed by atoms with Crippen molar-refractivity contribution in [3.8, 4) is 5.75 Å². The number of hydrogen-bond donors (Lipinski definition) is 2. The van der Waals surface area contributed by atoms with Gasteiger partial charge in [0.25, 0.3) is 5.91 Å². The molecule has 106 valence electrons. The molecule has 0 unspecified atom stereocenters. The Morgan fingerprint density at radius 2 is 2.00 bits per heavy atom. The minimum Gasteiger partial charge on any atom is -0.508 e. The number of nitrogens with one attached hydrogen (secondary N) is 1. The van der Waals surface area contributed by atoms with Gasteiger partial charge < -0.3 is 5.11 Å². The van der Waals surface area contributed by atoms with Crippen LogP contribution in [-0.2, 0) is 0 Å². The molecule has 1 aromatic heterocycles. The van der Waals surface area contributed by atoms with Crippen molar-refractivity contribution in [2.45, 2.75) is 13.8 Å². The predicted octanol–water partition coefficient (Wildman–Crippen LogP) is 3.87. The minimum atomic E-state index is -0.277. The van der Waals surface area contributed by atoms with Crippen molar-refractivity contribution >= 4 is 32.6 Å². The molecular formula is C16H14N2O2S. The zero-order valence-electron chi connectivity index (χ0n) is 11.7. The highest BCUT2D eigenvalue weighted by molar-refractivity contribution is 7.22. The van der Waals surface area contributed by atoms with E-state index in [1.165, 1.54) is 17.4 Å². The first kappa shape index (κ1) is 13.6. The van der Waals surface area contributed by atoms with Crippen LogP contribution in [0.4, 0.5) is 5.13 Å². The Bertz CT molecular complexity index is 839. The van der Waals surface area contributed by atoms with Crippen LogP contribution < -0.4 is 5.32 Å². The van der Waals surface area contributed by atoms with Gasteiger partial charge in [-0.15, -0.1) is 0 Å². The molecule has 5 heteroatoms. The number of fused-ring (bicyclic) bond motifs is 1. The van der Waals surface area contributed by atoms with Gasteiger partial charge in [-0.1, -0.05) is 23.5 Å². The maximum absolute atomic E-state index is 12.2. The number of phenols is 1. The molecule has 4 nitrogen and oxygen atoms in total. The molecule has 0 spiro atoms. The van der Waals surface area contributed by atoms with E-state index in [1.54, 1.807) is 19.1 Å². The van der Waals surface area contributed by atoms with Crippen molar-refractivity contribution in [2.24, 2.45) is 0 Å². The largest absolute Gasteiger partial charge is 0.508 e. The summed E-state index contributed by atoms with van der Waals surface area (Å²) in [6.07, 6.45) is 0. The smallest absolute Gasteiger partial charge is 0.257 e. The second-order valence-electron chi connectivity index (χ2n) is 4.95. The Morgan fingerprint density at radius 1 is 1.19 bits per heavy atom. The third kappa shape index (κ3) is 2.73. The molecule has 2 aromatic carbocycles. The zero-order chi connectivity index (χ0) is 15.0. The summed E-state index contributed by atoms with van der Waals surface area (Å²) >= 11 is 1.44. The van der Waals surface area contributed by atoms with Crippen LogP contribution in [0.5, 0.6) is 5.75 Å². The van der Waals surface area contributed by atoms with Gasteiger partial charge in [-0.05, 0) is 49.2 Å². The molecule has 2 N–H and O–H groups in total. The number of nitrogens with zero attached hydrogens (tertiary/aromatic N) is 1. The number of aromatic hydroxyl groups is 1. The monoisotopic (exact) mass is 298 g/mol. The number of aryl methyl sites for hydroxylation is 2. The van der Waals surface area contributed by atoms with Crippen molar-refractivity contribution < 1.29 is 9.90 Å². The van der Waals surface area contributed by atoms with E-state index in [2.05, 4.69) is 10.3 Å². The lowest BCUT2D eigenvalue weighted by molar-refractivity contribution is 0.102. The van der Waals surface area contributed by atoms with Gasteiger partial charge in [-0.2, -0.15) is 0 Å². The highest BCUT2D eigenvalue weighted by atomic mass is 32.1. The van der Waals surface area contributed by atoms with E-state index in [9.17, 15) is 9.90 Å². The van der Waals surface area contributed by atoms with E-state index in [4.69, 9.17) is 0 Å². The summed E-state index contributed by atoms with van der Waals surface area (Å²) < 4.78 is 1.04. The lowest BCUT2D eigenvalue weighted by atomic mass is 10.1. The number of hydrogen-bond acceptors (Lipinski definition) is 4. The number of benzene rings is 2. The third-order valence-corrected chi connectivity index (χ3v) is 4.17. The zero-order valence-corrected chi connectivity index (χ0v) is 12.5. The summed E-state index contributed by atoms with van der Waals surface area (Å²) in [6, 6.07) is 10.8. The number of phenolic OH excluding ortho intramolecular Hbond substituents is 1. The fourth-order valence-corrected chi connectivity index (χ4v) is 2.96. The van der Waals surface area contributed by atoms with Crippen LogP contribution in [0.2, 0.25) is 0 Å². The van der Waals surface area contributed by atoms with Crippen molar-refractivity contribution in [2.75, 3.05) is 5.32 Å². The number of thiazole rings is 1. The second-order valence-corrected chi connectivity index (χ2v) is 5.98. The highest BCUT2D eigenvalue weighted by Gasteiger charge is 2.11. The Labute approximate surface area is 126 Å². The maximum Gasteiger partial charge on any atom is 0.257 e. The summed E-state index contributed by atoms with van der Waals surface area (Å²) in [5.74, 6) is -0.163. The summed E-state index contributed by atoms with van der Waals surface area (Å²) in [4.78, 5) is 16.5. The average Bonchev–Trinajstić information content (AvgIpc) is 2.83. The van der Waals surface area contributed by atoms with Gasteiger partial charge in [-0.25, -0.2) is 4.98 Å². The van der Waals surface area contributed by atoms with Crippen LogP contribution in [0.3, 0.4) is 0 Å². The molecule has 0 bridgehead atoms. The van der Waals surface area contributed by atoms with Crippen LogP contribution in [0, 0.1) is 13.8 Å². The molecule has 0 fully saturated rings. The Kier molecular flexibility index (Phi) is 3.35. The molecule has 0 radical (unpaired) electrons. The molecule has 0 aliphatic rings. The lowest BCUT2D eigenvalue weighted by Gasteiger charge is -2.03. The number of anilines is 1. The van der Waals surface area contributed by atoms with Crippen molar-refractivity contribution in [3.63, 3.8) is 0 Å². The van der Waals surface area contributed by atoms with E-state index in [1.807, 2.05) is 25.1 Å². The first-order valence-electron chi connectivity index (χ1n) is 6.51. The minimum absolute atomic E-state index is 0.113. The van der Waals surface area contributed by atoms with Crippen LogP contribution in [0.1, 0.15) is 21.5 Å². The van der Waals surface area contributed by atoms with Gasteiger partial charge in [0.2, 0.25) is 0 Å². The lowest BCUT2D eigenvalue weighted by Crippen LogP contribution is -2.11. The highest BCUT2D eigenvalue weighted by Crippen LogP contribution is 2.27. The quantitative estimate of drug-likeness (QED) is 0.755. The topological polar surface area (TPSA) is 62.2 Å². The van der Waals surface area contributed by atoms with Crippen LogP contribution in [0.15, 0.2) is 36.4 Å². The SMILES string of the molecule is Cc1ccc2nc(NC(=O)c3ccc(C)c(O)c3)sc2c1. The average molecular weight is 298 g/mol. The fourth-order valence-electron chi connectivity index (χ4n) is 2.01. The molecule has 1 amide bonds. The van der Waals surface area contributed by atoms with Gasteiger partial charge in [0.05, 0.1) is 10.2 Å². The van der Waals surface area contributed by atoms with E-state index in [-0.39, 0.29) is 11.7 Å². The van der Waals surface area contributed by atoms with Gasteiger partial charge in [0.15, 0.2) is 5.13 Å². The molecule has 3 rings (SSSR count). The predicted molar refractivity (Wildman–Crippen MR) is 85.2 cm³/mol. The van der Waals surface area contributed by atoms with E-state index in [0.29, 0.717) is 10.7 Å². The van der Waals surface area contributed by atoms with Crippen molar-refractivity contribution in [3.05, 3.63) is 53.1 Å². The van der Waals surface area contributed by atoms with E-state index >= 15 is 0 Å².